The summed E-state index contributed by atoms with van der Waals surface area (Å²) < 4.78 is 28.3. The molecule has 0 radical (unpaired) electrons. The molecule has 0 amide bonds. The Balaban J connectivity index is 1.47. The minimum absolute atomic E-state index is 0.0840. The van der Waals surface area contributed by atoms with Crippen molar-refractivity contribution in [1.29, 1.82) is 0 Å². The summed E-state index contributed by atoms with van der Waals surface area (Å²) >= 11 is 0. The van der Waals surface area contributed by atoms with E-state index in [1.54, 1.807) is 12.3 Å². The standard InChI is InChI=1S/C28H32N4O2S/c1-28(2,3)21-12-10-20(11-13-21)7-6-18-35(33,34)32-17-15-24-26(32)23-8-4-5-9-25(23)31-27(24)30-22-14-16-29-19-22/h4-13,15,17,22,29H,14,16,18-19H2,1-3H3,(H,30,31). The number of aromatic nitrogens is 2. The van der Waals surface area contributed by atoms with Crippen molar-refractivity contribution in [2.45, 2.75) is 38.6 Å². The van der Waals surface area contributed by atoms with Crippen molar-refractivity contribution in [1.82, 2.24) is 14.3 Å². The predicted molar refractivity (Wildman–Crippen MR) is 145 cm³/mol. The van der Waals surface area contributed by atoms with Crippen LogP contribution in [-0.2, 0) is 15.4 Å². The zero-order valence-corrected chi connectivity index (χ0v) is 21.3. The molecule has 35 heavy (non-hydrogen) atoms. The van der Waals surface area contributed by atoms with Crippen molar-refractivity contribution >= 4 is 43.7 Å². The maximum Gasteiger partial charge on any atom is 0.242 e. The lowest BCUT2D eigenvalue weighted by molar-refractivity contribution is 0.590. The summed E-state index contributed by atoms with van der Waals surface area (Å²) in [6.07, 6.45) is 6.25. The van der Waals surface area contributed by atoms with E-state index in [-0.39, 0.29) is 17.2 Å². The number of nitrogens with one attached hydrogen (secondary N) is 2. The fraction of sp³-hybridized carbons (Fsp3) is 0.321. The van der Waals surface area contributed by atoms with Crippen LogP contribution in [0, 0.1) is 0 Å². The quantitative estimate of drug-likeness (QED) is 0.392. The average molecular weight is 489 g/mol. The Labute approximate surface area is 207 Å². The van der Waals surface area contributed by atoms with E-state index in [4.69, 9.17) is 4.98 Å². The molecule has 2 aromatic carbocycles. The van der Waals surface area contributed by atoms with Gasteiger partial charge in [-0.05, 0) is 41.6 Å². The van der Waals surface area contributed by atoms with Gasteiger partial charge >= 0.3 is 0 Å². The van der Waals surface area contributed by atoms with E-state index in [2.05, 4.69) is 43.5 Å². The monoisotopic (exact) mass is 488 g/mol. The molecule has 0 bridgehead atoms. The first-order chi connectivity index (χ1) is 16.7. The van der Waals surface area contributed by atoms with Crippen LogP contribution in [0.2, 0.25) is 0 Å². The minimum Gasteiger partial charge on any atom is -0.365 e. The normalized spacial score (nSPS) is 17.1. The van der Waals surface area contributed by atoms with Crippen molar-refractivity contribution in [3.8, 4) is 0 Å². The van der Waals surface area contributed by atoms with Gasteiger partial charge in [0.05, 0.1) is 16.8 Å². The van der Waals surface area contributed by atoms with Gasteiger partial charge < -0.3 is 10.6 Å². The summed E-state index contributed by atoms with van der Waals surface area (Å²) in [6, 6.07) is 18.1. The first kappa shape index (κ1) is 23.6. The van der Waals surface area contributed by atoms with Crippen LogP contribution >= 0.6 is 0 Å². The number of hydrogen-bond acceptors (Lipinski definition) is 5. The molecule has 2 N–H and O–H groups in total. The minimum atomic E-state index is -3.62. The third kappa shape index (κ3) is 4.83. The summed E-state index contributed by atoms with van der Waals surface area (Å²) in [5.74, 6) is 0.639. The molecule has 1 atom stereocenters. The summed E-state index contributed by atoms with van der Waals surface area (Å²) in [6.45, 7) is 8.37. The Kier molecular flexibility index (Phi) is 6.15. The molecule has 0 aliphatic carbocycles. The summed E-state index contributed by atoms with van der Waals surface area (Å²) in [4.78, 5) is 4.83. The van der Waals surface area contributed by atoms with E-state index in [1.165, 1.54) is 9.54 Å². The van der Waals surface area contributed by atoms with Crippen LogP contribution < -0.4 is 10.6 Å². The first-order valence-electron chi connectivity index (χ1n) is 12.1. The smallest absolute Gasteiger partial charge is 0.242 e. The second-order valence-electron chi connectivity index (χ2n) is 10.2. The fourth-order valence-corrected chi connectivity index (χ4v) is 5.84. The van der Waals surface area contributed by atoms with Crippen molar-refractivity contribution < 1.29 is 8.42 Å². The number of benzene rings is 2. The Bertz CT molecular complexity index is 1490. The van der Waals surface area contributed by atoms with Gasteiger partial charge in [0.15, 0.2) is 0 Å². The van der Waals surface area contributed by atoms with Crippen LogP contribution in [0.15, 0.2) is 66.9 Å². The molecule has 1 aliphatic heterocycles. The van der Waals surface area contributed by atoms with E-state index < -0.39 is 10.0 Å². The number of nitrogens with zero attached hydrogens (tertiary/aromatic N) is 2. The second-order valence-corrected chi connectivity index (χ2v) is 12.1. The van der Waals surface area contributed by atoms with Gasteiger partial charge in [0, 0.05) is 29.6 Å². The highest BCUT2D eigenvalue weighted by atomic mass is 32.2. The average Bonchev–Trinajstić information content (AvgIpc) is 3.49. The van der Waals surface area contributed by atoms with Crippen molar-refractivity contribution in [3.05, 3.63) is 78.0 Å². The SMILES string of the molecule is CC(C)(C)c1ccc(C=CCS(=O)(=O)n2ccc3c(NC4CCNC4)nc4ccccc4c32)cc1. The van der Waals surface area contributed by atoms with Gasteiger partial charge in [-0.2, -0.15) is 0 Å². The molecule has 4 aromatic rings. The molecule has 7 heteroatoms. The van der Waals surface area contributed by atoms with Gasteiger partial charge in [0.1, 0.15) is 5.82 Å². The topological polar surface area (TPSA) is 76.0 Å². The molecule has 1 aliphatic rings. The molecule has 1 fully saturated rings. The lowest BCUT2D eigenvalue weighted by atomic mass is 9.87. The van der Waals surface area contributed by atoms with Gasteiger partial charge in [0.25, 0.3) is 0 Å². The van der Waals surface area contributed by atoms with E-state index in [0.29, 0.717) is 5.52 Å². The zero-order valence-electron chi connectivity index (χ0n) is 20.5. The van der Waals surface area contributed by atoms with Crippen molar-refractivity contribution in [3.63, 3.8) is 0 Å². The number of pyridine rings is 1. The zero-order chi connectivity index (χ0) is 24.6. The summed E-state index contributed by atoms with van der Waals surface area (Å²) in [5.41, 5.74) is 3.77. The van der Waals surface area contributed by atoms with Crippen molar-refractivity contribution in [2.75, 3.05) is 24.2 Å². The lowest BCUT2D eigenvalue weighted by Gasteiger charge is -2.18. The maximum absolute atomic E-state index is 13.4. The molecule has 1 saturated heterocycles. The molecular formula is C28H32N4O2S. The Morgan fingerprint density at radius 2 is 1.86 bits per heavy atom. The Hall–Kier alpha value is -3.16. The van der Waals surface area contributed by atoms with Crippen molar-refractivity contribution in [2.24, 2.45) is 0 Å². The highest BCUT2D eigenvalue weighted by Gasteiger charge is 2.22. The van der Waals surface area contributed by atoms with Gasteiger partial charge in [0.2, 0.25) is 10.0 Å². The van der Waals surface area contributed by atoms with E-state index in [0.717, 1.165) is 47.2 Å². The summed E-state index contributed by atoms with van der Waals surface area (Å²) in [7, 11) is -3.62. The molecular weight excluding hydrogens is 456 g/mol. The third-order valence-corrected chi connectivity index (χ3v) is 8.11. The van der Waals surface area contributed by atoms with Crippen LogP contribution in [0.25, 0.3) is 27.9 Å². The van der Waals surface area contributed by atoms with E-state index >= 15 is 0 Å². The number of hydrogen-bond donors (Lipinski definition) is 2. The molecule has 0 saturated carbocycles. The molecule has 6 nitrogen and oxygen atoms in total. The van der Waals surface area contributed by atoms with E-state index in [9.17, 15) is 8.42 Å². The summed E-state index contributed by atoms with van der Waals surface area (Å²) in [5, 5.41) is 8.53. The first-order valence-corrected chi connectivity index (χ1v) is 13.7. The Morgan fingerprint density at radius 1 is 1.09 bits per heavy atom. The van der Waals surface area contributed by atoms with Crippen LogP contribution in [-0.4, -0.2) is 42.3 Å². The third-order valence-electron chi connectivity index (χ3n) is 6.59. The van der Waals surface area contributed by atoms with Crippen LogP contribution in [0.1, 0.15) is 38.3 Å². The molecule has 5 rings (SSSR count). The van der Waals surface area contributed by atoms with Crippen LogP contribution in [0.3, 0.4) is 0 Å². The number of fused-ring (bicyclic) bond motifs is 3. The van der Waals surface area contributed by atoms with Gasteiger partial charge in [-0.1, -0.05) is 75.4 Å². The maximum atomic E-state index is 13.4. The number of para-hydroxylation sites is 1. The molecule has 0 spiro atoms. The number of anilines is 1. The van der Waals surface area contributed by atoms with Crippen LogP contribution in [0.4, 0.5) is 5.82 Å². The molecule has 182 valence electrons. The van der Waals surface area contributed by atoms with Gasteiger partial charge in [-0.15, -0.1) is 0 Å². The van der Waals surface area contributed by atoms with Crippen LogP contribution in [0.5, 0.6) is 0 Å². The Morgan fingerprint density at radius 3 is 2.57 bits per heavy atom. The highest BCUT2D eigenvalue weighted by molar-refractivity contribution is 7.90. The molecule has 3 heterocycles. The highest BCUT2D eigenvalue weighted by Crippen LogP contribution is 2.32. The number of rotatable bonds is 6. The predicted octanol–water partition coefficient (Wildman–Crippen LogP) is 5.15. The molecule has 2 aromatic heterocycles. The van der Waals surface area contributed by atoms with E-state index in [1.807, 2.05) is 48.5 Å². The molecule has 1 unspecified atom stereocenters. The van der Waals surface area contributed by atoms with Gasteiger partial charge in [-0.3, -0.25) is 0 Å². The van der Waals surface area contributed by atoms with Gasteiger partial charge in [-0.25, -0.2) is 17.4 Å². The largest absolute Gasteiger partial charge is 0.365 e. The second kappa shape index (κ2) is 9.13. The fourth-order valence-electron chi connectivity index (χ4n) is 4.61. The lowest BCUT2D eigenvalue weighted by Crippen LogP contribution is -2.23.